The summed E-state index contributed by atoms with van der Waals surface area (Å²) in [6, 6.07) is 0. The Kier molecular flexibility index (Phi) is 10.3. The van der Waals surface area contributed by atoms with Crippen molar-refractivity contribution in [1.29, 1.82) is 0 Å². The molecule has 0 aromatic rings. The van der Waals surface area contributed by atoms with Crippen molar-refractivity contribution in [2.75, 3.05) is 18.6 Å². The molecule has 0 heterocycles. The maximum absolute atomic E-state index is 6.08. The van der Waals surface area contributed by atoms with Gasteiger partial charge in [-0.1, -0.05) is 41.5 Å². The van der Waals surface area contributed by atoms with Crippen LogP contribution in [0.25, 0.3) is 0 Å². The summed E-state index contributed by atoms with van der Waals surface area (Å²) in [5.74, 6) is 1.42. The second kappa shape index (κ2) is 10.1. The van der Waals surface area contributed by atoms with E-state index in [9.17, 15) is 0 Å². The molecule has 4 heteroatoms. The molecule has 0 N–H and O–H groups in total. The van der Waals surface area contributed by atoms with Gasteiger partial charge in [0.2, 0.25) is 0 Å². The molecule has 2 nitrogen and oxygen atoms in total. The molecule has 0 spiro atoms. The van der Waals surface area contributed by atoms with E-state index in [2.05, 4.69) is 88.8 Å². The van der Waals surface area contributed by atoms with Crippen LogP contribution in [0.4, 0.5) is 0 Å². The van der Waals surface area contributed by atoms with Crippen molar-refractivity contribution in [3.05, 3.63) is 0 Å². The first kappa shape index (κ1) is 27.6. The lowest BCUT2D eigenvalue weighted by Gasteiger charge is -2.51. The Labute approximate surface area is 180 Å². The fraction of sp³-hybridized carbons (Fsp3) is 1.00. The van der Waals surface area contributed by atoms with Crippen LogP contribution in [0.3, 0.4) is 0 Å². The van der Waals surface area contributed by atoms with Crippen LogP contribution in [0.2, 0.25) is 0 Å². The molecule has 1 unspecified atom stereocenters. The predicted octanol–water partition coefficient (Wildman–Crippen LogP) is 7.67. The summed E-state index contributed by atoms with van der Waals surface area (Å²) in [6.45, 7) is 26.1. The van der Waals surface area contributed by atoms with Crippen LogP contribution in [-0.4, -0.2) is 29.8 Å². The van der Waals surface area contributed by atoms with Gasteiger partial charge in [0.1, 0.15) is 0 Å². The molecule has 1 atom stereocenters. The molecule has 0 aliphatic rings. The minimum atomic E-state index is -0.155. The number of hydrogen-bond acceptors (Lipinski definition) is 4. The van der Waals surface area contributed by atoms with E-state index in [1.807, 2.05) is 6.26 Å². The number of thiol groups is 1. The summed E-state index contributed by atoms with van der Waals surface area (Å²) in [4.78, 5) is 0. The van der Waals surface area contributed by atoms with E-state index < -0.39 is 0 Å². The second-order valence-corrected chi connectivity index (χ2v) is 12.4. The molecule has 0 aromatic carbocycles. The zero-order valence-corrected chi connectivity index (χ0v) is 22.0. The fourth-order valence-electron chi connectivity index (χ4n) is 5.37. The SMILES string of the molecule is CCOC(C)(C)CC(C)(C)C(CC(C)(C)CS)C(C)(C)CC(C)(C)OSC. The first-order valence-electron chi connectivity index (χ1n) is 10.4. The van der Waals surface area contributed by atoms with Crippen molar-refractivity contribution >= 4 is 24.7 Å². The van der Waals surface area contributed by atoms with Gasteiger partial charge in [0.25, 0.3) is 0 Å². The Morgan fingerprint density at radius 1 is 0.815 bits per heavy atom. The van der Waals surface area contributed by atoms with Crippen LogP contribution in [0, 0.1) is 22.2 Å². The van der Waals surface area contributed by atoms with Gasteiger partial charge in [0, 0.05) is 12.9 Å². The molecule has 0 aliphatic carbocycles. The van der Waals surface area contributed by atoms with Crippen molar-refractivity contribution in [2.24, 2.45) is 22.2 Å². The Hall–Kier alpha value is 0.620. The lowest BCUT2D eigenvalue weighted by Crippen LogP contribution is -2.46. The monoisotopic (exact) mass is 420 g/mol. The van der Waals surface area contributed by atoms with E-state index in [-0.39, 0.29) is 27.4 Å². The zero-order chi connectivity index (χ0) is 21.7. The van der Waals surface area contributed by atoms with Crippen LogP contribution in [0.15, 0.2) is 0 Å². The van der Waals surface area contributed by atoms with Gasteiger partial charge in [-0.3, -0.25) is 0 Å². The van der Waals surface area contributed by atoms with Crippen LogP contribution in [0.1, 0.15) is 95.4 Å². The highest BCUT2D eigenvalue weighted by atomic mass is 32.2. The van der Waals surface area contributed by atoms with E-state index in [4.69, 9.17) is 8.92 Å². The van der Waals surface area contributed by atoms with E-state index in [1.54, 1.807) is 0 Å². The summed E-state index contributed by atoms with van der Waals surface area (Å²) in [6.07, 6.45) is 5.21. The van der Waals surface area contributed by atoms with Gasteiger partial charge in [-0.2, -0.15) is 12.6 Å². The second-order valence-electron chi connectivity index (χ2n) is 11.6. The molecule has 0 bridgehead atoms. The molecular formula is C23H48O2S2. The summed E-state index contributed by atoms with van der Waals surface area (Å²) >= 11 is 6.12. The average molecular weight is 421 g/mol. The van der Waals surface area contributed by atoms with E-state index in [0.29, 0.717) is 5.92 Å². The normalized spacial score (nSPS) is 15.9. The van der Waals surface area contributed by atoms with Gasteiger partial charge in [0.05, 0.1) is 11.2 Å². The van der Waals surface area contributed by atoms with Crippen molar-refractivity contribution in [2.45, 2.75) is 107 Å². The van der Waals surface area contributed by atoms with Gasteiger partial charge >= 0.3 is 0 Å². The smallest absolute Gasteiger partial charge is 0.0778 e. The molecular weight excluding hydrogens is 372 g/mol. The van der Waals surface area contributed by atoms with Crippen LogP contribution >= 0.6 is 24.7 Å². The molecule has 0 fully saturated rings. The molecule has 27 heavy (non-hydrogen) atoms. The molecule has 0 saturated heterocycles. The lowest BCUT2D eigenvalue weighted by molar-refractivity contribution is -0.0808. The molecule has 0 aliphatic heterocycles. The number of hydrogen-bond donors (Lipinski definition) is 1. The third-order valence-electron chi connectivity index (χ3n) is 5.68. The summed E-state index contributed by atoms with van der Waals surface area (Å²) in [7, 11) is 0. The van der Waals surface area contributed by atoms with Gasteiger partial charge in [-0.15, -0.1) is 0 Å². The summed E-state index contributed by atoms with van der Waals surface area (Å²) in [5, 5.41) is 0. The first-order valence-corrected chi connectivity index (χ1v) is 12.2. The summed E-state index contributed by atoms with van der Waals surface area (Å²) < 4.78 is 12.1. The highest BCUT2D eigenvalue weighted by Crippen LogP contribution is 2.53. The Morgan fingerprint density at radius 2 is 1.26 bits per heavy atom. The van der Waals surface area contributed by atoms with Crippen LogP contribution in [0.5, 0.6) is 0 Å². The molecule has 0 saturated carbocycles. The minimum absolute atomic E-state index is 0.122. The topological polar surface area (TPSA) is 18.5 Å². The Bertz CT molecular complexity index is 408. The highest BCUT2D eigenvalue weighted by Gasteiger charge is 2.47. The maximum atomic E-state index is 6.08. The van der Waals surface area contributed by atoms with Crippen LogP contribution in [-0.2, 0) is 8.92 Å². The highest BCUT2D eigenvalue weighted by molar-refractivity contribution is 7.93. The molecule has 0 rings (SSSR count). The third kappa shape index (κ3) is 9.78. The van der Waals surface area contributed by atoms with E-state index >= 15 is 0 Å². The number of ether oxygens (including phenoxy) is 1. The molecule has 0 aromatic heterocycles. The van der Waals surface area contributed by atoms with Crippen molar-refractivity contribution < 1.29 is 8.92 Å². The van der Waals surface area contributed by atoms with Gasteiger partial charge in [-0.05, 0) is 93.8 Å². The Morgan fingerprint density at radius 3 is 1.63 bits per heavy atom. The van der Waals surface area contributed by atoms with E-state index in [0.717, 1.165) is 31.6 Å². The maximum Gasteiger partial charge on any atom is 0.0778 e. The third-order valence-corrected chi connectivity index (χ3v) is 7.15. The first-order chi connectivity index (χ1) is 11.9. The summed E-state index contributed by atoms with van der Waals surface area (Å²) in [5.41, 5.74) is 0.187. The largest absolute Gasteiger partial charge is 0.376 e. The fourth-order valence-corrected chi connectivity index (χ4v) is 6.00. The minimum Gasteiger partial charge on any atom is -0.376 e. The standard InChI is InChI=1S/C23H48O2S2/c1-13-24-22(8,9)15-20(4,5)18(14-19(2,3)17-26)21(6,7)16-23(10,11)25-27-12/h18,26H,13-17H2,1-12H3. The van der Waals surface area contributed by atoms with Crippen LogP contribution < -0.4 is 0 Å². The van der Waals surface area contributed by atoms with Gasteiger partial charge in [-0.25, -0.2) is 0 Å². The van der Waals surface area contributed by atoms with Gasteiger partial charge < -0.3 is 8.92 Å². The zero-order valence-electron chi connectivity index (χ0n) is 20.3. The Balaban J connectivity index is 5.86. The van der Waals surface area contributed by atoms with Gasteiger partial charge in [0.15, 0.2) is 0 Å². The van der Waals surface area contributed by atoms with E-state index in [1.165, 1.54) is 12.0 Å². The molecule has 164 valence electrons. The van der Waals surface area contributed by atoms with Crippen molar-refractivity contribution in [3.8, 4) is 0 Å². The van der Waals surface area contributed by atoms with Crippen molar-refractivity contribution in [3.63, 3.8) is 0 Å². The lowest BCUT2D eigenvalue weighted by atomic mass is 9.56. The molecule has 0 radical (unpaired) electrons. The predicted molar refractivity (Wildman–Crippen MR) is 127 cm³/mol. The number of rotatable bonds is 13. The molecule has 0 amide bonds. The average Bonchev–Trinajstić information content (AvgIpc) is 2.41. The quantitative estimate of drug-likeness (QED) is 0.243. The van der Waals surface area contributed by atoms with Crippen molar-refractivity contribution in [1.82, 2.24) is 0 Å².